The highest BCUT2D eigenvalue weighted by molar-refractivity contribution is 5.71. The fourth-order valence-corrected chi connectivity index (χ4v) is 2.14. The molecule has 0 radical (unpaired) electrons. The third-order valence-corrected chi connectivity index (χ3v) is 3.42. The molecule has 2 rings (SSSR count). The highest BCUT2D eigenvalue weighted by atomic mass is 19.4. The van der Waals surface area contributed by atoms with Crippen molar-refractivity contribution >= 4 is 0 Å². The summed E-state index contributed by atoms with van der Waals surface area (Å²) in [6.45, 7) is 4.15. The Kier molecular flexibility index (Phi) is 4.26. The zero-order valence-corrected chi connectivity index (χ0v) is 12.2. The van der Waals surface area contributed by atoms with Gasteiger partial charge in [0.15, 0.2) is 0 Å². The van der Waals surface area contributed by atoms with E-state index in [9.17, 15) is 13.2 Å². The zero-order valence-electron chi connectivity index (χ0n) is 12.2. The summed E-state index contributed by atoms with van der Waals surface area (Å²) in [6.07, 6.45) is -4.32. The molecule has 0 aliphatic carbocycles. The van der Waals surface area contributed by atoms with Gasteiger partial charge in [-0.1, -0.05) is 38.1 Å². The molecular formula is C17H17F3O. The maximum absolute atomic E-state index is 12.6. The molecule has 21 heavy (non-hydrogen) atoms. The Hall–Kier alpha value is -1.97. The van der Waals surface area contributed by atoms with Crippen LogP contribution in [-0.2, 0) is 6.18 Å². The van der Waals surface area contributed by atoms with Crippen LogP contribution in [0.3, 0.4) is 0 Å². The lowest BCUT2D eigenvalue weighted by Gasteiger charge is -2.13. The van der Waals surface area contributed by atoms with E-state index in [1.807, 2.05) is 18.2 Å². The van der Waals surface area contributed by atoms with Crippen molar-refractivity contribution in [3.8, 4) is 16.9 Å². The van der Waals surface area contributed by atoms with E-state index in [4.69, 9.17) is 4.74 Å². The third kappa shape index (κ3) is 3.38. The number of benzene rings is 2. The molecular weight excluding hydrogens is 277 g/mol. The molecule has 0 heterocycles. The van der Waals surface area contributed by atoms with Gasteiger partial charge in [0, 0.05) is 5.56 Å². The van der Waals surface area contributed by atoms with Gasteiger partial charge < -0.3 is 4.74 Å². The fraction of sp³-hybridized carbons (Fsp3) is 0.294. The molecule has 0 saturated carbocycles. The van der Waals surface area contributed by atoms with Crippen LogP contribution in [0.25, 0.3) is 11.1 Å². The molecule has 0 N–H and O–H groups in total. The van der Waals surface area contributed by atoms with Gasteiger partial charge in [-0.15, -0.1) is 0 Å². The first kappa shape index (κ1) is 15.4. The van der Waals surface area contributed by atoms with Gasteiger partial charge in [-0.3, -0.25) is 0 Å². The lowest BCUT2D eigenvalue weighted by molar-refractivity contribution is -0.137. The Bertz CT molecular complexity index is 613. The summed E-state index contributed by atoms with van der Waals surface area (Å²) in [7, 11) is 1.56. The Morgan fingerprint density at radius 3 is 2.05 bits per heavy atom. The molecule has 1 nitrogen and oxygen atoms in total. The molecule has 0 amide bonds. The van der Waals surface area contributed by atoms with Crippen LogP contribution in [-0.4, -0.2) is 7.11 Å². The molecule has 0 bridgehead atoms. The van der Waals surface area contributed by atoms with Gasteiger partial charge >= 0.3 is 6.18 Å². The first-order valence-corrected chi connectivity index (χ1v) is 6.68. The van der Waals surface area contributed by atoms with Crippen LogP contribution >= 0.6 is 0 Å². The second-order valence-electron chi connectivity index (χ2n) is 5.19. The van der Waals surface area contributed by atoms with Crippen molar-refractivity contribution in [3.05, 3.63) is 53.6 Å². The second kappa shape index (κ2) is 5.80. The lowest BCUT2D eigenvalue weighted by Crippen LogP contribution is -2.04. The molecule has 112 valence electrons. The molecule has 0 atom stereocenters. The lowest BCUT2D eigenvalue weighted by atomic mass is 9.97. The van der Waals surface area contributed by atoms with Crippen LogP contribution in [0.4, 0.5) is 13.2 Å². The first-order chi connectivity index (χ1) is 9.82. The standard InChI is InChI=1S/C17H17F3O/c1-11(2)13-6-9-15(16(10-13)21-3)12-4-7-14(8-5-12)17(18,19)20/h4-11H,1-3H3. The second-order valence-corrected chi connectivity index (χ2v) is 5.19. The largest absolute Gasteiger partial charge is 0.496 e. The molecule has 2 aromatic rings. The van der Waals surface area contributed by atoms with Gasteiger partial charge in [0.05, 0.1) is 12.7 Å². The number of rotatable bonds is 3. The van der Waals surface area contributed by atoms with Crippen molar-refractivity contribution < 1.29 is 17.9 Å². The summed E-state index contributed by atoms with van der Waals surface area (Å²) in [4.78, 5) is 0. The zero-order chi connectivity index (χ0) is 15.6. The van der Waals surface area contributed by atoms with Crippen LogP contribution in [0.5, 0.6) is 5.75 Å². The smallest absolute Gasteiger partial charge is 0.416 e. The fourth-order valence-electron chi connectivity index (χ4n) is 2.14. The number of hydrogen-bond acceptors (Lipinski definition) is 1. The molecule has 4 heteroatoms. The van der Waals surface area contributed by atoms with Gasteiger partial charge in [0.25, 0.3) is 0 Å². The summed E-state index contributed by atoms with van der Waals surface area (Å²) >= 11 is 0. The molecule has 0 aromatic heterocycles. The van der Waals surface area contributed by atoms with E-state index in [-0.39, 0.29) is 0 Å². The van der Waals surface area contributed by atoms with Crippen LogP contribution in [0.1, 0.15) is 30.9 Å². The molecule has 0 spiro atoms. The summed E-state index contributed by atoms with van der Waals surface area (Å²) in [6, 6.07) is 10.9. The molecule has 0 aliphatic heterocycles. The number of halogens is 3. The molecule has 0 saturated heterocycles. The van der Waals surface area contributed by atoms with E-state index < -0.39 is 11.7 Å². The molecule has 0 aliphatic rings. The number of alkyl halides is 3. The Balaban J connectivity index is 2.42. The Morgan fingerprint density at radius 1 is 0.952 bits per heavy atom. The van der Waals surface area contributed by atoms with Crippen LogP contribution in [0, 0.1) is 0 Å². The van der Waals surface area contributed by atoms with Crippen LogP contribution in [0.2, 0.25) is 0 Å². The Morgan fingerprint density at radius 2 is 1.57 bits per heavy atom. The number of hydrogen-bond donors (Lipinski definition) is 0. The predicted molar refractivity (Wildman–Crippen MR) is 77.5 cm³/mol. The van der Waals surface area contributed by atoms with Crippen molar-refractivity contribution in [1.82, 2.24) is 0 Å². The predicted octanol–water partition coefficient (Wildman–Crippen LogP) is 5.50. The minimum absolute atomic E-state index is 0.362. The summed E-state index contributed by atoms with van der Waals surface area (Å²) in [5.74, 6) is 1.03. The molecule has 2 aromatic carbocycles. The highest BCUT2D eigenvalue weighted by Crippen LogP contribution is 2.35. The maximum atomic E-state index is 12.6. The van der Waals surface area contributed by atoms with Gasteiger partial charge in [-0.05, 0) is 35.2 Å². The number of ether oxygens (including phenoxy) is 1. The summed E-state index contributed by atoms with van der Waals surface area (Å²) in [5, 5.41) is 0. The SMILES string of the molecule is COc1cc(C(C)C)ccc1-c1ccc(C(F)(F)F)cc1. The van der Waals surface area contributed by atoms with E-state index in [0.717, 1.165) is 23.3 Å². The van der Waals surface area contributed by atoms with Crippen molar-refractivity contribution in [3.63, 3.8) is 0 Å². The highest BCUT2D eigenvalue weighted by Gasteiger charge is 2.30. The van der Waals surface area contributed by atoms with E-state index in [0.29, 0.717) is 17.2 Å². The quantitative estimate of drug-likeness (QED) is 0.725. The molecule has 0 unspecified atom stereocenters. The first-order valence-electron chi connectivity index (χ1n) is 6.68. The summed E-state index contributed by atoms with van der Waals surface area (Å²) in [5.41, 5.74) is 1.97. The van der Waals surface area contributed by atoms with Crippen molar-refractivity contribution in [2.45, 2.75) is 25.9 Å². The number of methoxy groups -OCH3 is 1. The minimum Gasteiger partial charge on any atom is -0.496 e. The minimum atomic E-state index is -4.32. The van der Waals surface area contributed by atoms with Gasteiger partial charge in [-0.2, -0.15) is 13.2 Å². The summed E-state index contributed by atoms with van der Waals surface area (Å²) < 4.78 is 43.1. The van der Waals surface area contributed by atoms with E-state index in [2.05, 4.69) is 13.8 Å². The van der Waals surface area contributed by atoms with Gasteiger partial charge in [0.2, 0.25) is 0 Å². The van der Waals surface area contributed by atoms with Gasteiger partial charge in [0.1, 0.15) is 5.75 Å². The average molecular weight is 294 g/mol. The van der Waals surface area contributed by atoms with E-state index >= 15 is 0 Å². The van der Waals surface area contributed by atoms with Gasteiger partial charge in [-0.25, -0.2) is 0 Å². The maximum Gasteiger partial charge on any atom is 0.416 e. The molecule has 0 fully saturated rings. The van der Waals surface area contributed by atoms with Crippen LogP contribution < -0.4 is 4.74 Å². The van der Waals surface area contributed by atoms with E-state index in [1.54, 1.807) is 7.11 Å². The normalized spacial score (nSPS) is 11.8. The third-order valence-electron chi connectivity index (χ3n) is 3.42. The van der Waals surface area contributed by atoms with Crippen molar-refractivity contribution in [2.75, 3.05) is 7.11 Å². The topological polar surface area (TPSA) is 9.23 Å². The monoisotopic (exact) mass is 294 g/mol. The van der Waals surface area contributed by atoms with E-state index in [1.165, 1.54) is 12.1 Å². The average Bonchev–Trinajstić information content (AvgIpc) is 2.45. The van der Waals surface area contributed by atoms with Crippen LogP contribution in [0.15, 0.2) is 42.5 Å². The van der Waals surface area contributed by atoms with Crippen molar-refractivity contribution in [2.24, 2.45) is 0 Å². The Labute approximate surface area is 122 Å². The van der Waals surface area contributed by atoms with Crippen molar-refractivity contribution in [1.29, 1.82) is 0 Å².